The molecule has 0 aromatic heterocycles. The Balaban J connectivity index is 1.71. The van der Waals surface area contributed by atoms with Gasteiger partial charge in [0.2, 0.25) is 0 Å². The molecule has 3 aromatic rings. The van der Waals surface area contributed by atoms with Crippen LogP contribution in [0.4, 0.5) is 5.69 Å². The Labute approximate surface area is 222 Å². The highest BCUT2D eigenvalue weighted by molar-refractivity contribution is 6.51. The summed E-state index contributed by atoms with van der Waals surface area (Å²) < 4.78 is 16.6. The number of aliphatic hydroxyl groups is 1. The van der Waals surface area contributed by atoms with Gasteiger partial charge < -0.3 is 19.3 Å². The second-order valence-corrected chi connectivity index (χ2v) is 9.40. The summed E-state index contributed by atoms with van der Waals surface area (Å²) in [7, 11) is 3.09. The van der Waals surface area contributed by atoms with Crippen molar-refractivity contribution in [2.45, 2.75) is 38.6 Å². The molecule has 1 saturated heterocycles. The first-order valence-corrected chi connectivity index (χ1v) is 12.8. The lowest BCUT2D eigenvalue weighted by Crippen LogP contribution is -2.29. The molecule has 0 spiro atoms. The molecule has 0 radical (unpaired) electrons. The number of fused-ring (bicyclic) bond motifs is 1. The van der Waals surface area contributed by atoms with Crippen LogP contribution in [0.25, 0.3) is 5.76 Å². The maximum atomic E-state index is 13.6. The molecule has 2 aliphatic rings. The number of carbonyl (C=O) groups is 2. The molecule has 38 heavy (non-hydrogen) atoms. The first-order chi connectivity index (χ1) is 18.5. The summed E-state index contributed by atoms with van der Waals surface area (Å²) in [5.74, 6) is -0.108. The molecule has 1 unspecified atom stereocenters. The predicted octanol–water partition coefficient (Wildman–Crippen LogP) is 5.61. The minimum absolute atomic E-state index is 0.0289. The van der Waals surface area contributed by atoms with Crippen molar-refractivity contribution in [3.05, 3.63) is 88.5 Å². The van der Waals surface area contributed by atoms with Crippen molar-refractivity contribution in [3.63, 3.8) is 0 Å². The number of amides is 1. The summed E-state index contributed by atoms with van der Waals surface area (Å²) in [6.07, 6.45) is 4.16. The van der Waals surface area contributed by atoms with Gasteiger partial charge in [0.15, 0.2) is 11.5 Å². The minimum atomic E-state index is -0.886. The zero-order valence-electron chi connectivity index (χ0n) is 21.8. The van der Waals surface area contributed by atoms with E-state index < -0.39 is 17.7 Å². The summed E-state index contributed by atoms with van der Waals surface area (Å²) in [6, 6.07) is 17.1. The topological polar surface area (TPSA) is 85.3 Å². The van der Waals surface area contributed by atoms with Gasteiger partial charge in [-0.05, 0) is 79.6 Å². The van der Waals surface area contributed by atoms with Gasteiger partial charge in [0, 0.05) is 17.3 Å². The number of rotatable bonds is 7. The standard InChI is InChI=1S/C31H31NO6/c1-4-38-26-17-21(14-15-25(26)37-3)28-27(29(33)22-13-12-19-8-5-6-9-20(19)16-22)30(34)31(35)32(28)23-10-7-11-24(18-23)36-2/h7,10-18,28,33H,4-6,8-9H2,1-3H3/b29-27+. The second-order valence-electron chi connectivity index (χ2n) is 9.40. The zero-order chi connectivity index (χ0) is 26.8. The minimum Gasteiger partial charge on any atom is -0.507 e. The number of methoxy groups -OCH3 is 2. The number of aryl methyl sites for hydroxylation is 2. The second kappa shape index (κ2) is 10.6. The van der Waals surface area contributed by atoms with Crippen molar-refractivity contribution >= 4 is 23.1 Å². The number of ketones is 1. The number of anilines is 1. The Kier molecular flexibility index (Phi) is 7.09. The molecule has 1 heterocycles. The van der Waals surface area contributed by atoms with E-state index in [1.165, 1.54) is 16.0 Å². The molecule has 1 N–H and O–H groups in total. The van der Waals surface area contributed by atoms with E-state index in [4.69, 9.17) is 14.2 Å². The number of nitrogens with zero attached hydrogens (tertiary/aromatic N) is 1. The summed E-state index contributed by atoms with van der Waals surface area (Å²) in [5.41, 5.74) is 4.07. The molecule has 1 aliphatic carbocycles. The lowest BCUT2D eigenvalue weighted by atomic mass is 9.88. The SMILES string of the molecule is CCOc1cc(C2/C(=C(\O)c3ccc4c(c3)CCCC4)C(=O)C(=O)N2c2cccc(OC)c2)ccc1OC. The molecule has 1 fully saturated rings. The van der Waals surface area contributed by atoms with Crippen LogP contribution < -0.4 is 19.1 Å². The molecule has 1 atom stereocenters. The van der Waals surface area contributed by atoms with Crippen molar-refractivity contribution < 1.29 is 28.9 Å². The molecule has 1 amide bonds. The van der Waals surface area contributed by atoms with Gasteiger partial charge in [0.25, 0.3) is 11.7 Å². The van der Waals surface area contributed by atoms with Crippen molar-refractivity contribution in [1.29, 1.82) is 0 Å². The van der Waals surface area contributed by atoms with Crippen LogP contribution in [0.1, 0.15) is 48.1 Å². The number of hydrogen-bond acceptors (Lipinski definition) is 6. The molecule has 196 valence electrons. The first-order valence-electron chi connectivity index (χ1n) is 12.8. The van der Waals surface area contributed by atoms with Gasteiger partial charge >= 0.3 is 0 Å². The van der Waals surface area contributed by atoms with Crippen LogP contribution in [-0.2, 0) is 22.4 Å². The van der Waals surface area contributed by atoms with E-state index in [9.17, 15) is 14.7 Å². The first kappa shape index (κ1) is 25.4. The van der Waals surface area contributed by atoms with Crippen LogP contribution >= 0.6 is 0 Å². The van der Waals surface area contributed by atoms with Crippen LogP contribution in [0.3, 0.4) is 0 Å². The fraction of sp³-hybridized carbons (Fsp3) is 0.290. The van der Waals surface area contributed by atoms with E-state index in [1.807, 2.05) is 25.1 Å². The van der Waals surface area contributed by atoms with Gasteiger partial charge in [-0.15, -0.1) is 0 Å². The van der Waals surface area contributed by atoms with E-state index in [0.29, 0.717) is 40.7 Å². The lowest BCUT2D eigenvalue weighted by molar-refractivity contribution is -0.132. The largest absolute Gasteiger partial charge is 0.507 e. The number of Topliss-reactive ketones (excluding diaryl/α,β-unsaturated/α-hetero) is 1. The van der Waals surface area contributed by atoms with Crippen LogP contribution in [0.15, 0.2) is 66.2 Å². The Morgan fingerprint density at radius 2 is 1.71 bits per heavy atom. The summed E-state index contributed by atoms with van der Waals surface area (Å²) in [5, 5.41) is 11.6. The predicted molar refractivity (Wildman–Crippen MR) is 145 cm³/mol. The molecule has 7 nitrogen and oxygen atoms in total. The maximum absolute atomic E-state index is 13.6. The molecule has 0 saturated carbocycles. The van der Waals surface area contributed by atoms with Gasteiger partial charge in [-0.2, -0.15) is 0 Å². The van der Waals surface area contributed by atoms with Gasteiger partial charge in [-0.3, -0.25) is 14.5 Å². The third-order valence-corrected chi connectivity index (χ3v) is 7.20. The monoisotopic (exact) mass is 513 g/mol. The highest BCUT2D eigenvalue weighted by Crippen LogP contribution is 2.45. The van der Waals surface area contributed by atoms with Crippen molar-refractivity contribution in [2.24, 2.45) is 0 Å². The van der Waals surface area contributed by atoms with Crippen molar-refractivity contribution in [3.8, 4) is 17.2 Å². The summed E-state index contributed by atoms with van der Waals surface area (Å²) >= 11 is 0. The Bertz CT molecular complexity index is 1430. The average Bonchev–Trinajstić information content (AvgIpc) is 3.22. The van der Waals surface area contributed by atoms with E-state index >= 15 is 0 Å². The molecule has 0 bridgehead atoms. The third kappa shape index (κ3) is 4.49. The number of hydrogen-bond donors (Lipinski definition) is 1. The fourth-order valence-corrected chi connectivity index (χ4v) is 5.34. The van der Waals surface area contributed by atoms with E-state index in [2.05, 4.69) is 0 Å². The van der Waals surface area contributed by atoms with Crippen LogP contribution in [0.5, 0.6) is 17.2 Å². The molecular formula is C31H31NO6. The van der Waals surface area contributed by atoms with Gasteiger partial charge in [-0.25, -0.2) is 0 Å². The summed E-state index contributed by atoms with van der Waals surface area (Å²) in [4.78, 5) is 28.5. The quantitative estimate of drug-likeness (QED) is 0.251. The highest BCUT2D eigenvalue weighted by Gasteiger charge is 2.47. The average molecular weight is 514 g/mol. The van der Waals surface area contributed by atoms with Crippen molar-refractivity contribution in [2.75, 3.05) is 25.7 Å². The van der Waals surface area contributed by atoms with Crippen LogP contribution in [-0.4, -0.2) is 37.6 Å². The number of aliphatic hydroxyl groups excluding tert-OH is 1. The van der Waals surface area contributed by atoms with Gasteiger partial charge in [0.1, 0.15) is 11.5 Å². The Morgan fingerprint density at radius 1 is 0.921 bits per heavy atom. The molecule has 3 aromatic carbocycles. The van der Waals surface area contributed by atoms with Crippen LogP contribution in [0, 0.1) is 0 Å². The molecule has 1 aliphatic heterocycles. The Hall–Kier alpha value is -4.26. The van der Waals surface area contributed by atoms with E-state index in [-0.39, 0.29) is 11.3 Å². The number of ether oxygens (including phenoxy) is 3. The lowest BCUT2D eigenvalue weighted by Gasteiger charge is -2.26. The van der Waals surface area contributed by atoms with Gasteiger partial charge in [-0.1, -0.05) is 24.3 Å². The fourth-order valence-electron chi connectivity index (χ4n) is 5.34. The smallest absolute Gasteiger partial charge is 0.300 e. The maximum Gasteiger partial charge on any atom is 0.300 e. The number of benzene rings is 3. The Morgan fingerprint density at radius 3 is 2.45 bits per heavy atom. The van der Waals surface area contributed by atoms with Gasteiger partial charge in [0.05, 0.1) is 32.4 Å². The zero-order valence-corrected chi connectivity index (χ0v) is 21.8. The van der Waals surface area contributed by atoms with Crippen LogP contribution in [0.2, 0.25) is 0 Å². The molecule has 7 heteroatoms. The molecular weight excluding hydrogens is 482 g/mol. The summed E-state index contributed by atoms with van der Waals surface area (Å²) in [6.45, 7) is 2.27. The van der Waals surface area contributed by atoms with Crippen molar-refractivity contribution in [1.82, 2.24) is 0 Å². The number of carbonyl (C=O) groups excluding carboxylic acids is 2. The normalized spacial score (nSPS) is 18.3. The van der Waals surface area contributed by atoms with E-state index in [0.717, 1.165) is 25.7 Å². The highest BCUT2D eigenvalue weighted by atomic mass is 16.5. The van der Waals surface area contributed by atoms with E-state index in [1.54, 1.807) is 56.7 Å². The molecule has 5 rings (SSSR count). The third-order valence-electron chi connectivity index (χ3n) is 7.20.